The van der Waals surface area contributed by atoms with Crippen molar-refractivity contribution in [1.82, 2.24) is 19.2 Å². The molecule has 4 aromatic rings. The van der Waals surface area contributed by atoms with Crippen molar-refractivity contribution in [3.8, 4) is 0 Å². The predicted octanol–water partition coefficient (Wildman–Crippen LogP) is 4.01. The van der Waals surface area contributed by atoms with Crippen LogP contribution in [-0.2, 0) is 17.7 Å². The standard InChI is InChI=1S/C24H26N4O3S/c1-3-17-10-12-18(13-11-17)21(29)16-32-24-26-25-23-27(14-7-15-31-4-2)22(30)19-8-5-6-9-20(19)28(23)24/h5-6,8-13H,3-4,7,14-16H2,1-2H3. The van der Waals surface area contributed by atoms with E-state index in [1.165, 1.54) is 17.3 Å². The number of rotatable bonds is 10. The fourth-order valence-corrected chi connectivity index (χ4v) is 4.47. The highest BCUT2D eigenvalue weighted by molar-refractivity contribution is 7.99. The number of ketones is 1. The van der Waals surface area contributed by atoms with Gasteiger partial charge in [-0.25, -0.2) is 0 Å². The predicted molar refractivity (Wildman–Crippen MR) is 127 cm³/mol. The van der Waals surface area contributed by atoms with E-state index < -0.39 is 0 Å². The molecular formula is C24H26N4O3S. The van der Waals surface area contributed by atoms with Crippen LogP contribution < -0.4 is 5.56 Å². The number of hydrogen-bond donors (Lipinski definition) is 0. The highest BCUT2D eigenvalue weighted by Crippen LogP contribution is 2.22. The van der Waals surface area contributed by atoms with E-state index in [-0.39, 0.29) is 17.1 Å². The van der Waals surface area contributed by atoms with E-state index in [0.29, 0.717) is 48.1 Å². The fraction of sp³-hybridized carbons (Fsp3) is 0.333. The van der Waals surface area contributed by atoms with E-state index in [1.807, 2.05) is 59.9 Å². The topological polar surface area (TPSA) is 78.5 Å². The molecule has 0 saturated heterocycles. The first kappa shape index (κ1) is 22.2. The summed E-state index contributed by atoms with van der Waals surface area (Å²) in [6.07, 6.45) is 1.64. The summed E-state index contributed by atoms with van der Waals surface area (Å²) >= 11 is 1.33. The van der Waals surface area contributed by atoms with Gasteiger partial charge < -0.3 is 4.74 Å². The number of carbonyl (C=O) groups excluding carboxylic acids is 1. The molecule has 4 rings (SSSR count). The van der Waals surface area contributed by atoms with Crippen molar-refractivity contribution >= 4 is 34.2 Å². The molecule has 0 spiro atoms. The van der Waals surface area contributed by atoms with Crippen LogP contribution in [0.2, 0.25) is 0 Å². The summed E-state index contributed by atoms with van der Waals surface area (Å²) in [6.45, 7) is 5.73. The van der Waals surface area contributed by atoms with E-state index in [4.69, 9.17) is 4.74 Å². The first-order valence-corrected chi connectivity index (χ1v) is 11.8. The number of carbonyl (C=O) groups is 1. The monoisotopic (exact) mass is 450 g/mol. The van der Waals surface area contributed by atoms with Crippen LogP contribution in [0.1, 0.15) is 36.2 Å². The molecule has 0 amide bonds. The zero-order valence-electron chi connectivity index (χ0n) is 18.3. The van der Waals surface area contributed by atoms with E-state index in [9.17, 15) is 9.59 Å². The minimum Gasteiger partial charge on any atom is -0.382 e. The van der Waals surface area contributed by atoms with Gasteiger partial charge in [-0.1, -0.05) is 55.1 Å². The number of thioether (sulfide) groups is 1. The second kappa shape index (κ2) is 10.1. The maximum atomic E-state index is 13.1. The van der Waals surface area contributed by atoms with Gasteiger partial charge in [0.2, 0.25) is 5.78 Å². The quantitative estimate of drug-likeness (QED) is 0.206. The van der Waals surface area contributed by atoms with Crippen LogP contribution in [0.15, 0.2) is 58.5 Å². The molecule has 2 aromatic heterocycles. The van der Waals surface area contributed by atoms with Gasteiger partial charge in [0.1, 0.15) is 0 Å². The Balaban J connectivity index is 1.65. The van der Waals surface area contributed by atoms with E-state index in [0.717, 1.165) is 11.9 Å². The van der Waals surface area contributed by atoms with Gasteiger partial charge in [0, 0.05) is 25.3 Å². The molecule has 0 saturated carbocycles. The lowest BCUT2D eigenvalue weighted by atomic mass is 10.1. The lowest BCUT2D eigenvalue weighted by Crippen LogP contribution is -2.24. The Bertz CT molecular complexity index is 1290. The lowest BCUT2D eigenvalue weighted by molar-refractivity contribution is 0.102. The Morgan fingerprint density at radius 2 is 1.84 bits per heavy atom. The van der Waals surface area contributed by atoms with Gasteiger partial charge in [0.15, 0.2) is 10.9 Å². The van der Waals surface area contributed by atoms with Crippen molar-refractivity contribution in [2.24, 2.45) is 0 Å². The summed E-state index contributed by atoms with van der Waals surface area (Å²) in [5.74, 6) is 0.750. The molecule has 0 aliphatic carbocycles. The highest BCUT2D eigenvalue weighted by atomic mass is 32.2. The maximum Gasteiger partial charge on any atom is 0.262 e. The summed E-state index contributed by atoms with van der Waals surface area (Å²) in [5, 5.41) is 9.81. The minimum absolute atomic E-state index is 0.0312. The zero-order valence-corrected chi connectivity index (χ0v) is 19.1. The maximum absolute atomic E-state index is 13.1. The van der Waals surface area contributed by atoms with Crippen molar-refractivity contribution in [2.45, 2.75) is 38.4 Å². The Morgan fingerprint density at radius 3 is 2.59 bits per heavy atom. The molecule has 32 heavy (non-hydrogen) atoms. The van der Waals surface area contributed by atoms with Crippen LogP contribution in [0.4, 0.5) is 0 Å². The Morgan fingerprint density at radius 1 is 1.06 bits per heavy atom. The molecule has 0 unspecified atom stereocenters. The van der Waals surface area contributed by atoms with Gasteiger partial charge in [-0.15, -0.1) is 10.2 Å². The first-order chi connectivity index (χ1) is 15.6. The molecule has 7 nitrogen and oxygen atoms in total. The Kier molecular flexibility index (Phi) is 7.02. The molecule has 0 aliphatic rings. The largest absolute Gasteiger partial charge is 0.382 e. The minimum atomic E-state index is -0.0966. The summed E-state index contributed by atoms with van der Waals surface area (Å²) in [6, 6.07) is 15.1. The molecular weight excluding hydrogens is 424 g/mol. The second-order valence-corrected chi connectivity index (χ2v) is 8.35. The molecule has 0 aliphatic heterocycles. The van der Waals surface area contributed by atoms with E-state index in [2.05, 4.69) is 17.1 Å². The summed E-state index contributed by atoms with van der Waals surface area (Å²) in [7, 11) is 0. The third-order valence-corrected chi connectivity index (χ3v) is 6.30. The molecule has 0 fully saturated rings. The van der Waals surface area contributed by atoms with Crippen molar-refractivity contribution in [1.29, 1.82) is 0 Å². The lowest BCUT2D eigenvalue weighted by Gasteiger charge is -2.11. The van der Waals surface area contributed by atoms with Crippen molar-refractivity contribution < 1.29 is 9.53 Å². The van der Waals surface area contributed by atoms with Crippen LogP contribution >= 0.6 is 11.8 Å². The molecule has 8 heteroatoms. The van der Waals surface area contributed by atoms with Crippen LogP contribution in [-0.4, -0.2) is 43.9 Å². The highest BCUT2D eigenvalue weighted by Gasteiger charge is 2.18. The van der Waals surface area contributed by atoms with Gasteiger partial charge in [-0.05, 0) is 37.5 Å². The number of fused-ring (bicyclic) bond motifs is 3. The smallest absolute Gasteiger partial charge is 0.262 e. The Labute approximate surface area is 190 Å². The fourth-order valence-electron chi connectivity index (χ4n) is 3.64. The number of hydrogen-bond acceptors (Lipinski definition) is 6. The average Bonchev–Trinajstić information content (AvgIpc) is 3.26. The third kappa shape index (κ3) is 4.47. The summed E-state index contributed by atoms with van der Waals surface area (Å²) in [4.78, 5) is 25.8. The average molecular weight is 451 g/mol. The second-order valence-electron chi connectivity index (χ2n) is 7.40. The Hall–Kier alpha value is -2.97. The number of Topliss-reactive ketones (excluding diaryl/α,β-unsaturated/α-hetero) is 1. The van der Waals surface area contributed by atoms with Gasteiger partial charge in [0.25, 0.3) is 5.56 Å². The summed E-state index contributed by atoms with van der Waals surface area (Å²) < 4.78 is 8.93. The SMILES string of the molecule is CCOCCCn1c(=O)c2ccccc2n2c(SCC(=O)c3ccc(CC)cc3)nnc12. The first-order valence-electron chi connectivity index (χ1n) is 10.8. The van der Waals surface area contributed by atoms with Crippen LogP contribution in [0.25, 0.3) is 16.7 Å². The number of aryl methyl sites for hydroxylation is 2. The summed E-state index contributed by atoms with van der Waals surface area (Å²) in [5.41, 5.74) is 2.52. The molecule has 0 atom stereocenters. The zero-order chi connectivity index (χ0) is 22.5. The molecule has 2 aromatic carbocycles. The molecule has 0 bridgehead atoms. The van der Waals surface area contributed by atoms with E-state index in [1.54, 1.807) is 4.57 Å². The van der Waals surface area contributed by atoms with Gasteiger partial charge in [-0.2, -0.15) is 0 Å². The normalized spacial score (nSPS) is 11.4. The number of nitrogens with zero attached hydrogens (tertiary/aromatic N) is 4. The van der Waals surface area contributed by atoms with Gasteiger partial charge in [0.05, 0.1) is 16.7 Å². The van der Waals surface area contributed by atoms with Crippen molar-refractivity contribution in [3.63, 3.8) is 0 Å². The number of aromatic nitrogens is 4. The molecule has 0 radical (unpaired) electrons. The van der Waals surface area contributed by atoms with Gasteiger partial charge in [-0.3, -0.25) is 18.6 Å². The number of benzene rings is 2. The van der Waals surface area contributed by atoms with Crippen LogP contribution in [0, 0.1) is 0 Å². The van der Waals surface area contributed by atoms with Gasteiger partial charge >= 0.3 is 0 Å². The van der Waals surface area contributed by atoms with Crippen molar-refractivity contribution in [2.75, 3.05) is 19.0 Å². The molecule has 2 heterocycles. The number of para-hydroxylation sites is 1. The molecule has 166 valence electrons. The van der Waals surface area contributed by atoms with Crippen LogP contribution in [0.5, 0.6) is 0 Å². The van der Waals surface area contributed by atoms with Crippen LogP contribution in [0.3, 0.4) is 0 Å². The molecule has 0 N–H and O–H groups in total. The third-order valence-electron chi connectivity index (χ3n) is 5.37. The van der Waals surface area contributed by atoms with E-state index >= 15 is 0 Å². The number of ether oxygens (including phenoxy) is 1. The van der Waals surface area contributed by atoms with Crippen molar-refractivity contribution in [3.05, 3.63) is 70.0 Å².